The average molecular weight is 311 g/mol. The molecule has 7 heteroatoms. The number of anilines is 1. The highest BCUT2D eigenvalue weighted by molar-refractivity contribution is 9.10. The van der Waals surface area contributed by atoms with E-state index >= 15 is 0 Å². The van der Waals surface area contributed by atoms with Gasteiger partial charge in [0.05, 0.1) is 4.92 Å². The van der Waals surface area contributed by atoms with Crippen LogP contribution in [0.2, 0.25) is 0 Å². The van der Waals surface area contributed by atoms with Crippen molar-refractivity contribution in [2.75, 3.05) is 5.32 Å². The number of nitrogens with zero attached hydrogens (tertiary/aromatic N) is 3. The molecule has 6 nitrogen and oxygen atoms in total. The maximum atomic E-state index is 10.9. The molecule has 0 saturated heterocycles. The molecule has 2 aromatic rings. The molecule has 1 N–H and O–H groups in total. The quantitative estimate of drug-likeness (QED) is 0.696. The molecule has 1 heterocycles. The summed E-state index contributed by atoms with van der Waals surface area (Å²) >= 11 is 3.22. The van der Waals surface area contributed by atoms with Crippen molar-refractivity contribution in [3.63, 3.8) is 0 Å². The van der Waals surface area contributed by atoms with Gasteiger partial charge in [-0.25, -0.2) is 0 Å². The van der Waals surface area contributed by atoms with Crippen LogP contribution in [0.5, 0.6) is 0 Å². The molecule has 0 unspecified atom stereocenters. The fourth-order valence-electron chi connectivity index (χ4n) is 1.55. The second-order valence-electron chi connectivity index (χ2n) is 3.76. The van der Waals surface area contributed by atoms with E-state index in [0.717, 1.165) is 0 Å². The fraction of sp³-hybridized carbons (Fsp3) is 0.182. The highest BCUT2D eigenvalue weighted by Crippen LogP contribution is 2.24. The van der Waals surface area contributed by atoms with Gasteiger partial charge in [0.25, 0.3) is 5.69 Å². The topological polar surface area (TPSA) is 73.0 Å². The number of nitrogens with one attached hydrogen (secondary N) is 1. The summed E-state index contributed by atoms with van der Waals surface area (Å²) in [5, 5.41) is 18.1. The Kier molecular flexibility index (Phi) is 3.61. The largest absolute Gasteiger partial charge is 0.364 e. The highest BCUT2D eigenvalue weighted by Gasteiger charge is 2.13. The van der Waals surface area contributed by atoms with Gasteiger partial charge in [0.2, 0.25) is 0 Å². The van der Waals surface area contributed by atoms with Crippen molar-refractivity contribution in [3.8, 4) is 0 Å². The molecular weight excluding hydrogens is 300 g/mol. The lowest BCUT2D eigenvalue weighted by Gasteiger charge is -2.04. The summed E-state index contributed by atoms with van der Waals surface area (Å²) in [5.41, 5.74) is 0.710. The number of rotatable bonds is 4. The molecule has 0 aliphatic rings. The summed E-state index contributed by atoms with van der Waals surface area (Å²) < 4.78 is 2.36. The summed E-state index contributed by atoms with van der Waals surface area (Å²) in [4.78, 5) is 10.5. The Balaban J connectivity index is 2.16. The van der Waals surface area contributed by atoms with Gasteiger partial charge in [-0.1, -0.05) is 15.9 Å². The lowest BCUT2D eigenvalue weighted by molar-refractivity contribution is -0.385. The molecule has 18 heavy (non-hydrogen) atoms. The number of hydrogen-bond donors (Lipinski definition) is 1. The Bertz CT molecular complexity index is 582. The lowest BCUT2D eigenvalue weighted by atomic mass is 10.2. The van der Waals surface area contributed by atoms with Crippen LogP contribution in [0.25, 0.3) is 0 Å². The maximum absolute atomic E-state index is 10.9. The van der Waals surface area contributed by atoms with Crippen LogP contribution < -0.4 is 5.32 Å². The van der Waals surface area contributed by atoms with Crippen molar-refractivity contribution >= 4 is 27.4 Å². The molecule has 0 fully saturated rings. The van der Waals surface area contributed by atoms with Gasteiger partial charge in [0, 0.05) is 42.0 Å². The molecule has 0 aliphatic carbocycles. The molecule has 0 aliphatic heterocycles. The van der Waals surface area contributed by atoms with E-state index in [0.29, 0.717) is 22.4 Å². The van der Waals surface area contributed by atoms with E-state index in [1.54, 1.807) is 23.0 Å². The molecule has 2 rings (SSSR count). The number of benzene rings is 1. The van der Waals surface area contributed by atoms with Gasteiger partial charge in [-0.05, 0) is 12.1 Å². The van der Waals surface area contributed by atoms with Gasteiger partial charge in [-0.2, -0.15) is 5.10 Å². The zero-order valence-corrected chi connectivity index (χ0v) is 11.2. The summed E-state index contributed by atoms with van der Waals surface area (Å²) in [5.74, 6) is 0.690. The van der Waals surface area contributed by atoms with E-state index in [1.807, 2.05) is 13.1 Å². The summed E-state index contributed by atoms with van der Waals surface area (Å²) in [6.45, 7) is 0.362. The van der Waals surface area contributed by atoms with E-state index in [1.165, 1.54) is 6.07 Å². The average Bonchev–Trinajstić information content (AvgIpc) is 2.73. The first kappa shape index (κ1) is 12.6. The Morgan fingerprint density at radius 3 is 2.89 bits per heavy atom. The minimum Gasteiger partial charge on any atom is -0.364 e. The Labute approximate surface area is 112 Å². The van der Waals surface area contributed by atoms with E-state index in [9.17, 15) is 10.1 Å². The van der Waals surface area contributed by atoms with Crippen LogP contribution in [0.4, 0.5) is 11.5 Å². The van der Waals surface area contributed by atoms with Gasteiger partial charge in [-0.3, -0.25) is 14.8 Å². The van der Waals surface area contributed by atoms with Crippen molar-refractivity contribution in [2.24, 2.45) is 7.05 Å². The molecular formula is C11H11BrN4O2. The Hall–Kier alpha value is -1.89. The van der Waals surface area contributed by atoms with Crippen LogP contribution in [0, 0.1) is 10.1 Å². The second kappa shape index (κ2) is 5.18. The summed E-state index contributed by atoms with van der Waals surface area (Å²) in [6, 6.07) is 6.81. The van der Waals surface area contributed by atoms with Gasteiger partial charge < -0.3 is 5.32 Å². The summed E-state index contributed by atoms with van der Waals surface area (Å²) in [6.07, 6.45) is 1.80. The Morgan fingerprint density at radius 2 is 2.28 bits per heavy atom. The first-order valence-corrected chi connectivity index (χ1v) is 6.02. The van der Waals surface area contributed by atoms with Crippen LogP contribution in [0.3, 0.4) is 0 Å². The number of nitro benzene ring substituents is 1. The van der Waals surface area contributed by atoms with Crippen molar-refractivity contribution in [1.29, 1.82) is 0 Å². The summed E-state index contributed by atoms with van der Waals surface area (Å²) in [7, 11) is 1.81. The van der Waals surface area contributed by atoms with Crippen molar-refractivity contribution in [1.82, 2.24) is 9.78 Å². The van der Waals surface area contributed by atoms with Crippen LogP contribution in [0.15, 0.2) is 34.9 Å². The van der Waals surface area contributed by atoms with Crippen molar-refractivity contribution in [2.45, 2.75) is 6.54 Å². The monoisotopic (exact) mass is 310 g/mol. The standard InChI is InChI=1S/C11H11BrN4O2/c1-15-5-4-11(14-15)13-7-8-2-3-9(12)6-10(8)16(17)18/h2-6H,7H2,1H3,(H,13,14). The van der Waals surface area contributed by atoms with Crippen LogP contribution in [-0.2, 0) is 13.6 Å². The van der Waals surface area contributed by atoms with E-state index in [-0.39, 0.29) is 10.6 Å². The minimum absolute atomic E-state index is 0.0906. The molecule has 1 aromatic heterocycles. The predicted molar refractivity (Wildman–Crippen MR) is 71.3 cm³/mol. The highest BCUT2D eigenvalue weighted by atomic mass is 79.9. The predicted octanol–water partition coefficient (Wildman–Crippen LogP) is 2.70. The molecule has 0 bridgehead atoms. The first-order chi connectivity index (χ1) is 8.56. The van der Waals surface area contributed by atoms with Crippen LogP contribution >= 0.6 is 15.9 Å². The zero-order valence-electron chi connectivity index (χ0n) is 9.63. The Morgan fingerprint density at radius 1 is 1.50 bits per heavy atom. The number of halogens is 1. The van der Waals surface area contributed by atoms with E-state index in [4.69, 9.17) is 0 Å². The third kappa shape index (κ3) is 2.86. The maximum Gasteiger partial charge on any atom is 0.275 e. The molecule has 0 saturated carbocycles. The normalized spacial score (nSPS) is 10.3. The fourth-order valence-corrected chi connectivity index (χ4v) is 1.90. The van der Waals surface area contributed by atoms with Gasteiger partial charge in [0.1, 0.15) is 5.82 Å². The van der Waals surface area contributed by atoms with Crippen molar-refractivity contribution in [3.05, 3.63) is 50.6 Å². The van der Waals surface area contributed by atoms with Crippen LogP contribution in [0.1, 0.15) is 5.56 Å². The third-order valence-electron chi connectivity index (χ3n) is 2.42. The smallest absolute Gasteiger partial charge is 0.275 e. The second-order valence-corrected chi connectivity index (χ2v) is 4.67. The first-order valence-electron chi connectivity index (χ1n) is 5.22. The SMILES string of the molecule is Cn1ccc(NCc2ccc(Br)cc2[N+](=O)[O-])n1. The molecule has 1 aromatic carbocycles. The molecule has 94 valence electrons. The van der Waals surface area contributed by atoms with Gasteiger partial charge >= 0.3 is 0 Å². The van der Waals surface area contributed by atoms with Crippen molar-refractivity contribution < 1.29 is 4.92 Å². The molecule has 0 amide bonds. The lowest BCUT2D eigenvalue weighted by Crippen LogP contribution is -2.04. The van der Waals surface area contributed by atoms with E-state index in [2.05, 4.69) is 26.3 Å². The van der Waals surface area contributed by atoms with Gasteiger partial charge in [-0.15, -0.1) is 0 Å². The third-order valence-corrected chi connectivity index (χ3v) is 2.91. The molecule has 0 atom stereocenters. The minimum atomic E-state index is -0.389. The molecule has 0 radical (unpaired) electrons. The number of aromatic nitrogens is 2. The van der Waals surface area contributed by atoms with Crippen LogP contribution in [-0.4, -0.2) is 14.7 Å². The number of hydrogen-bond acceptors (Lipinski definition) is 4. The zero-order chi connectivity index (χ0) is 13.1. The number of nitro groups is 1. The van der Waals surface area contributed by atoms with Gasteiger partial charge in [0.15, 0.2) is 0 Å². The molecule has 0 spiro atoms. The number of aryl methyl sites for hydroxylation is 1. The van der Waals surface area contributed by atoms with E-state index < -0.39 is 0 Å².